The van der Waals surface area contributed by atoms with Crippen LogP contribution in [-0.2, 0) is 11.2 Å². The van der Waals surface area contributed by atoms with Gasteiger partial charge in [-0.25, -0.2) is 0 Å². The molecule has 2 aromatic rings. The second-order valence-corrected chi connectivity index (χ2v) is 6.62. The number of nitrogens with one attached hydrogen (secondary N) is 1. The van der Waals surface area contributed by atoms with Gasteiger partial charge >= 0.3 is 0 Å². The van der Waals surface area contributed by atoms with Crippen LogP contribution < -0.4 is 14.8 Å². The van der Waals surface area contributed by atoms with Crippen LogP contribution in [-0.4, -0.2) is 19.6 Å². The van der Waals surface area contributed by atoms with Gasteiger partial charge in [0.25, 0.3) is 5.91 Å². The van der Waals surface area contributed by atoms with Gasteiger partial charge in [-0.3, -0.25) is 4.79 Å². The van der Waals surface area contributed by atoms with Gasteiger partial charge in [0, 0.05) is 5.69 Å². The van der Waals surface area contributed by atoms with Crippen LogP contribution in [0.3, 0.4) is 0 Å². The van der Waals surface area contributed by atoms with Crippen molar-refractivity contribution in [2.45, 2.75) is 13.3 Å². The Kier molecular flexibility index (Phi) is 7.85. The number of amides is 1. The maximum Gasteiger partial charge on any atom is 0.266 e. The molecule has 0 radical (unpaired) electrons. The van der Waals surface area contributed by atoms with Crippen LogP contribution in [0.1, 0.15) is 18.1 Å². The van der Waals surface area contributed by atoms with E-state index in [1.54, 1.807) is 18.2 Å². The molecule has 0 saturated carbocycles. The molecule has 0 heterocycles. The normalized spacial score (nSPS) is 10.7. The number of halogens is 1. The third kappa shape index (κ3) is 5.24. The van der Waals surface area contributed by atoms with Crippen molar-refractivity contribution in [1.29, 1.82) is 5.26 Å². The molecule has 0 fully saturated rings. The second kappa shape index (κ2) is 10.3. The minimum atomic E-state index is -0.467. The largest absolute Gasteiger partial charge is 0.493 e. The van der Waals surface area contributed by atoms with E-state index in [0.29, 0.717) is 33.8 Å². The predicted molar refractivity (Wildman–Crippen MR) is 114 cm³/mol. The highest BCUT2D eigenvalue weighted by molar-refractivity contribution is 9.10. The molecule has 28 heavy (non-hydrogen) atoms. The Labute approximate surface area is 173 Å². The van der Waals surface area contributed by atoms with E-state index < -0.39 is 5.91 Å². The molecule has 0 aromatic heterocycles. The van der Waals surface area contributed by atoms with Gasteiger partial charge in [-0.05, 0) is 57.8 Å². The van der Waals surface area contributed by atoms with Crippen molar-refractivity contribution in [2.75, 3.05) is 19.0 Å². The maximum atomic E-state index is 12.6. The van der Waals surface area contributed by atoms with E-state index in [1.165, 1.54) is 13.2 Å². The SMILES string of the molecule is C=CCOc1c(Br)cc(/C=C(\C#N)C(=O)Nc2ccccc2CC)cc1OC. The lowest BCUT2D eigenvalue weighted by atomic mass is 10.1. The van der Waals surface area contributed by atoms with Crippen LogP contribution in [0.4, 0.5) is 5.69 Å². The molecular formula is C22H21BrN2O3. The molecule has 0 spiro atoms. The van der Waals surface area contributed by atoms with Crippen molar-refractivity contribution >= 4 is 33.6 Å². The number of carbonyl (C=O) groups is 1. The Hall–Kier alpha value is -3.04. The third-order valence-corrected chi connectivity index (χ3v) is 4.51. The van der Waals surface area contributed by atoms with Crippen molar-refractivity contribution in [2.24, 2.45) is 0 Å². The smallest absolute Gasteiger partial charge is 0.266 e. The fourth-order valence-electron chi connectivity index (χ4n) is 2.56. The van der Waals surface area contributed by atoms with Crippen LogP contribution >= 0.6 is 15.9 Å². The molecule has 2 rings (SSSR count). The summed E-state index contributed by atoms with van der Waals surface area (Å²) in [7, 11) is 1.52. The predicted octanol–water partition coefficient (Wildman–Crippen LogP) is 5.13. The van der Waals surface area contributed by atoms with Crippen molar-refractivity contribution in [3.05, 3.63) is 70.2 Å². The first-order valence-electron chi connectivity index (χ1n) is 8.66. The Morgan fingerprint density at radius 2 is 2.11 bits per heavy atom. The molecule has 0 saturated heterocycles. The van der Waals surface area contributed by atoms with Crippen LogP contribution in [0, 0.1) is 11.3 Å². The topological polar surface area (TPSA) is 71.3 Å². The third-order valence-electron chi connectivity index (χ3n) is 3.92. The van der Waals surface area contributed by atoms with E-state index in [0.717, 1.165) is 12.0 Å². The summed E-state index contributed by atoms with van der Waals surface area (Å²) in [5.74, 6) is 0.543. The molecular weight excluding hydrogens is 420 g/mol. The molecule has 0 aliphatic rings. The number of carbonyl (C=O) groups excluding carboxylic acids is 1. The Bertz CT molecular complexity index is 945. The van der Waals surface area contributed by atoms with Gasteiger partial charge in [-0.1, -0.05) is 37.8 Å². The summed E-state index contributed by atoms with van der Waals surface area (Å²) in [6.07, 6.45) is 3.92. The average molecular weight is 441 g/mol. The number of ether oxygens (including phenoxy) is 2. The molecule has 6 heteroatoms. The first-order chi connectivity index (χ1) is 13.5. The van der Waals surface area contributed by atoms with Crippen LogP contribution in [0.25, 0.3) is 6.08 Å². The standard InChI is InChI=1S/C22H21BrN2O3/c1-4-10-28-21-18(23)12-15(13-20(21)27-3)11-17(14-24)22(26)25-19-9-7-6-8-16(19)5-2/h4,6-9,11-13H,1,5,10H2,2-3H3,(H,25,26)/b17-11+. The van der Waals surface area contributed by atoms with E-state index in [4.69, 9.17) is 9.47 Å². The lowest BCUT2D eigenvalue weighted by molar-refractivity contribution is -0.112. The molecule has 1 amide bonds. The number of benzene rings is 2. The van der Waals surface area contributed by atoms with Gasteiger partial charge < -0.3 is 14.8 Å². The zero-order valence-corrected chi connectivity index (χ0v) is 17.4. The Balaban J connectivity index is 2.33. The van der Waals surface area contributed by atoms with Gasteiger partial charge in [0.05, 0.1) is 11.6 Å². The fraction of sp³-hybridized carbons (Fsp3) is 0.182. The molecule has 0 bridgehead atoms. The Morgan fingerprint density at radius 3 is 2.75 bits per heavy atom. The number of hydrogen-bond donors (Lipinski definition) is 1. The number of aryl methyl sites for hydroxylation is 1. The van der Waals surface area contributed by atoms with E-state index in [-0.39, 0.29) is 5.57 Å². The number of para-hydroxylation sites is 1. The van der Waals surface area contributed by atoms with Crippen LogP contribution in [0.5, 0.6) is 11.5 Å². The maximum absolute atomic E-state index is 12.6. The van der Waals surface area contributed by atoms with Gasteiger partial charge in [0.1, 0.15) is 18.2 Å². The van der Waals surface area contributed by atoms with Gasteiger partial charge in [-0.15, -0.1) is 0 Å². The number of hydrogen-bond acceptors (Lipinski definition) is 4. The second-order valence-electron chi connectivity index (χ2n) is 5.77. The van der Waals surface area contributed by atoms with Crippen molar-refractivity contribution in [1.82, 2.24) is 0 Å². The zero-order valence-electron chi connectivity index (χ0n) is 15.8. The quantitative estimate of drug-likeness (QED) is 0.350. The van der Waals surface area contributed by atoms with Crippen molar-refractivity contribution in [3.8, 4) is 17.6 Å². The highest BCUT2D eigenvalue weighted by Crippen LogP contribution is 2.37. The highest BCUT2D eigenvalue weighted by atomic mass is 79.9. The summed E-state index contributed by atoms with van der Waals surface area (Å²) in [6, 6.07) is 12.9. The molecule has 5 nitrogen and oxygen atoms in total. The molecule has 2 aromatic carbocycles. The van der Waals surface area contributed by atoms with Gasteiger partial charge in [0.2, 0.25) is 0 Å². The summed E-state index contributed by atoms with van der Waals surface area (Å²) < 4.78 is 11.6. The van der Waals surface area contributed by atoms with Crippen molar-refractivity contribution < 1.29 is 14.3 Å². The van der Waals surface area contributed by atoms with E-state index in [2.05, 4.69) is 27.8 Å². The summed E-state index contributed by atoms with van der Waals surface area (Å²) in [5, 5.41) is 12.3. The minimum absolute atomic E-state index is 0.0142. The minimum Gasteiger partial charge on any atom is -0.493 e. The first kappa shape index (κ1) is 21.3. The van der Waals surface area contributed by atoms with Crippen LogP contribution in [0.2, 0.25) is 0 Å². The molecule has 1 N–H and O–H groups in total. The molecule has 144 valence electrons. The molecule has 0 aliphatic heterocycles. The van der Waals surface area contributed by atoms with Gasteiger partial charge in [-0.2, -0.15) is 5.26 Å². The molecule has 0 atom stereocenters. The van der Waals surface area contributed by atoms with E-state index >= 15 is 0 Å². The highest BCUT2D eigenvalue weighted by Gasteiger charge is 2.14. The van der Waals surface area contributed by atoms with Crippen molar-refractivity contribution in [3.63, 3.8) is 0 Å². The Morgan fingerprint density at radius 1 is 1.36 bits per heavy atom. The lowest BCUT2D eigenvalue weighted by Gasteiger charge is -2.13. The van der Waals surface area contributed by atoms with Gasteiger partial charge in [0.15, 0.2) is 11.5 Å². The van der Waals surface area contributed by atoms with E-state index in [9.17, 15) is 10.1 Å². The zero-order chi connectivity index (χ0) is 20.5. The average Bonchev–Trinajstić information content (AvgIpc) is 2.71. The number of nitriles is 1. The van der Waals surface area contributed by atoms with E-state index in [1.807, 2.05) is 37.3 Å². The molecule has 0 unspecified atom stereocenters. The first-order valence-corrected chi connectivity index (χ1v) is 9.45. The summed E-state index contributed by atoms with van der Waals surface area (Å²) >= 11 is 3.44. The summed E-state index contributed by atoms with van der Waals surface area (Å²) in [4.78, 5) is 12.6. The molecule has 0 aliphatic carbocycles. The van der Waals surface area contributed by atoms with Crippen LogP contribution in [0.15, 0.2) is 59.1 Å². The lowest BCUT2D eigenvalue weighted by Crippen LogP contribution is -2.14. The number of anilines is 1. The monoisotopic (exact) mass is 440 g/mol. The fourth-order valence-corrected chi connectivity index (χ4v) is 3.14. The summed E-state index contributed by atoms with van der Waals surface area (Å²) in [6.45, 7) is 5.96. The summed E-state index contributed by atoms with van der Waals surface area (Å²) in [5.41, 5.74) is 2.31. The number of nitrogens with zero attached hydrogens (tertiary/aromatic N) is 1. The number of rotatable bonds is 8. The number of methoxy groups -OCH3 is 1.